The first kappa shape index (κ1) is 15.0. The van der Waals surface area contributed by atoms with Crippen LogP contribution in [0.3, 0.4) is 0 Å². The Morgan fingerprint density at radius 1 is 1.15 bits per heavy atom. The van der Waals surface area contributed by atoms with E-state index in [9.17, 15) is 4.79 Å². The number of rotatable bonds is 5. The van der Waals surface area contributed by atoms with Crippen LogP contribution in [0.4, 0.5) is 5.69 Å². The highest BCUT2D eigenvalue weighted by Crippen LogP contribution is 2.29. The molecule has 110 valence electrons. The van der Waals surface area contributed by atoms with Crippen molar-refractivity contribution < 1.29 is 4.79 Å². The Labute approximate surface area is 122 Å². The van der Waals surface area contributed by atoms with Crippen LogP contribution in [0.15, 0.2) is 24.3 Å². The Morgan fingerprint density at radius 3 is 2.25 bits per heavy atom. The fourth-order valence-corrected chi connectivity index (χ4v) is 2.95. The van der Waals surface area contributed by atoms with Gasteiger partial charge in [-0.3, -0.25) is 9.69 Å². The average Bonchev–Trinajstić information content (AvgIpc) is 2.45. The number of likely N-dealkylation sites (tertiary alicyclic amines) is 1. The molecule has 1 saturated heterocycles. The van der Waals surface area contributed by atoms with Gasteiger partial charge < -0.3 is 4.90 Å². The van der Waals surface area contributed by atoms with Gasteiger partial charge in [-0.15, -0.1) is 0 Å². The normalized spacial score (nSPS) is 17.8. The van der Waals surface area contributed by atoms with Gasteiger partial charge in [-0.25, -0.2) is 0 Å². The lowest BCUT2D eigenvalue weighted by molar-refractivity contribution is -0.118. The van der Waals surface area contributed by atoms with Gasteiger partial charge in [0.05, 0.1) is 0 Å². The van der Waals surface area contributed by atoms with Gasteiger partial charge >= 0.3 is 0 Å². The molecule has 1 fully saturated rings. The van der Waals surface area contributed by atoms with E-state index in [2.05, 4.69) is 34.1 Å². The van der Waals surface area contributed by atoms with Gasteiger partial charge in [-0.05, 0) is 50.6 Å². The molecule has 0 aromatic heterocycles. The second kappa shape index (κ2) is 6.89. The standard InChI is InChI=1S/C17H26N2O/c1-14(20)13-17(19-11-5-4-6-12-19)15-7-9-16(10-8-15)18(2)3/h7-10,17H,4-6,11-13H2,1-3H3. The monoisotopic (exact) mass is 274 g/mol. The topological polar surface area (TPSA) is 23.6 Å². The van der Waals surface area contributed by atoms with Crippen molar-refractivity contribution >= 4 is 11.5 Å². The van der Waals surface area contributed by atoms with Crippen LogP contribution in [-0.2, 0) is 4.79 Å². The predicted octanol–water partition coefficient (Wildman–Crippen LogP) is 3.26. The van der Waals surface area contributed by atoms with Crippen molar-refractivity contribution in [3.63, 3.8) is 0 Å². The zero-order valence-corrected chi connectivity index (χ0v) is 12.9. The highest BCUT2D eigenvalue weighted by Gasteiger charge is 2.23. The van der Waals surface area contributed by atoms with E-state index in [1.165, 1.54) is 30.5 Å². The maximum atomic E-state index is 11.6. The van der Waals surface area contributed by atoms with Crippen molar-refractivity contribution in [1.82, 2.24) is 4.90 Å². The van der Waals surface area contributed by atoms with Gasteiger partial charge in [-0.2, -0.15) is 0 Å². The second-order valence-electron chi connectivity index (χ2n) is 6.00. The number of benzene rings is 1. The number of ketones is 1. The van der Waals surface area contributed by atoms with Crippen molar-refractivity contribution in [3.8, 4) is 0 Å². The molecule has 0 radical (unpaired) electrons. The summed E-state index contributed by atoms with van der Waals surface area (Å²) in [5.41, 5.74) is 2.47. The molecule has 0 aliphatic carbocycles. The van der Waals surface area contributed by atoms with Crippen molar-refractivity contribution in [2.24, 2.45) is 0 Å². The molecule has 3 nitrogen and oxygen atoms in total. The molecule has 1 aliphatic heterocycles. The van der Waals surface area contributed by atoms with Crippen molar-refractivity contribution in [1.29, 1.82) is 0 Å². The first-order valence-corrected chi connectivity index (χ1v) is 7.58. The quantitative estimate of drug-likeness (QED) is 0.823. The summed E-state index contributed by atoms with van der Waals surface area (Å²) in [4.78, 5) is 16.2. The van der Waals surface area contributed by atoms with Crippen LogP contribution in [0.2, 0.25) is 0 Å². The maximum Gasteiger partial charge on any atom is 0.131 e. The molecule has 20 heavy (non-hydrogen) atoms. The predicted molar refractivity (Wildman–Crippen MR) is 84.2 cm³/mol. The fraction of sp³-hybridized carbons (Fsp3) is 0.588. The molecule has 0 amide bonds. The van der Waals surface area contributed by atoms with E-state index < -0.39 is 0 Å². The van der Waals surface area contributed by atoms with E-state index in [1.807, 2.05) is 14.1 Å². The number of anilines is 1. The SMILES string of the molecule is CC(=O)CC(c1ccc(N(C)C)cc1)N1CCCCC1. The molecule has 1 aromatic carbocycles. The molecule has 3 heteroatoms. The molecule has 2 rings (SSSR count). The summed E-state index contributed by atoms with van der Waals surface area (Å²) in [5, 5.41) is 0. The molecule has 0 saturated carbocycles. The first-order valence-electron chi connectivity index (χ1n) is 7.58. The van der Waals surface area contributed by atoms with Gasteiger partial charge in [0, 0.05) is 32.2 Å². The van der Waals surface area contributed by atoms with Gasteiger partial charge in [0.1, 0.15) is 5.78 Å². The Kier molecular flexibility index (Phi) is 5.18. The number of nitrogens with zero attached hydrogens (tertiary/aromatic N) is 2. The zero-order chi connectivity index (χ0) is 14.5. The number of hydrogen-bond acceptors (Lipinski definition) is 3. The van der Waals surface area contributed by atoms with Crippen LogP contribution >= 0.6 is 0 Å². The molecule has 1 aliphatic rings. The Morgan fingerprint density at radius 2 is 1.75 bits per heavy atom. The third-order valence-corrected chi connectivity index (χ3v) is 4.11. The molecular weight excluding hydrogens is 248 g/mol. The highest BCUT2D eigenvalue weighted by molar-refractivity contribution is 5.76. The maximum absolute atomic E-state index is 11.6. The summed E-state index contributed by atoms with van der Waals surface area (Å²) < 4.78 is 0. The van der Waals surface area contributed by atoms with Crippen LogP contribution in [-0.4, -0.2) is 37.9 Å². The third kappa shape index (κ3) is 3.83. The minimum Gasteiger partial charge on any atom is -0.378 e. The largest absolute Gasteiger partial charge is 0.378 e. The number of Topliss-reactive ketones (excluding diaryl/α,β-unsaturated/α-hetero) is 1. The van der Waals surface area contributed by atoms with Gasteiger partial charge in [0.25, 0.3) is 0 Å². The molecule has 1 unspecified atom stereocenters. The first-order chi connectivity index (χ1) is 9.58. The third-order valence-electron chi connectivity index (χ3n) is 4.11. The van der Waals surface area contributed by atoms with Crippen molar-refractivity contribution in [2.45, 2.75) is 38.6 Å². The fourth-order valence-electron chi connectivity index (χ4n) is 2.95. The minimum absolute atomic E-state index is 0.254. The van der Waals surface area contributed by atoms with E-state index in [4.69, 9.17) is 0 Å². The highest BCUT2D eigenvalue weighted by atomic mass is 16.1. The van der Waals surface area contributed by atoms with Gasteiger partial charge in [0.15, 0.2) is 0 Å². The van der Waals surface area contributed by atoms with Crippen LogP contribution in [0, 0.1) is 0 Å². The minimum atomic E-state index is 0.254. The molecular formula is C17H26N2O. The van der Waals surface area contributed by atoms with E-state index in [1.54, 1.807) is 6.92 Å². The number of carbonyl (C=O) groups excluding carboxylic acids is 1. The number of hydrogen-bond donors (Lipinski definition) is 0. The van der Waals surface area contributed by atoms with E-state index >= 15 is 0 Å². The average molecular weight is 274 g/mol. The van der Waals surface area contributed by atoms with Crippen LogP contribution in [0.5, 0.6) is 0 Å². The summed E-state index contributed by atoms with van der Waals surface area (Å²) in [5.74, 6) is 0.275. The Balaban J connectivity index is 2.18. The van der Waals surface area contributed by atoms with Crippen LogP contribution in [0.1, 0.15) is 44.2 Å². The molecule has 1 heterocycles. The van der Waals surface area contributed by atoms with Gasteiger partial charge in [-0.1, -0.05) is 18.6 Å². The van der Waals surface area contributed by atoms with E-state index in [0.29, 0.717) is 6.42 Å². The van der Waals surface area contributed by atoms with Gasteiger partial charge in [0.2, 0.25) is 0 Å². The lowest BCUT2D eigenvalue weighted by Gasteiger charge is -2.34. The smallest absolute Gasteiger partial charge is 0.131 e. The molecule has 0 bridgehead atoms. The summed E-state index contributed by atoms with van der Waals surface area (Å²) in [7, 11) is 4.10. The summed E-state index contributed by atoms with van der Waals surface area (Å²) >= 11 is 0. The molecule has 1 aromatic rings. The molecule has 0 spiro atoms. The van der Waals surface area contributed by atoms with Crippen molar-refractivity contribution in [3.05, 3.63) is 29.8 Å². The van der Waals surface area contributed by atoms with Crippen LogP contribution in [0.25, 0.3) is 0 Å². The van der Waals surface area contributed by atoms with Crippen molar-refractivity contribution in [2.75, 3.05) is 32.1 Å². The Bertz CT molecular complexity index is 433. The lowest BCUT2D eigenvalue weighted by Crippen LogP contribution is -2.34. The summed E-state index contributed by atoms with van der Waals surface area (Å²) in [6.07, 6.45) is 4.46. The van der Waals surface area contributed by atoms with E-state index in [0.717, 1.165) is 13.1 Å². The lowest BCUT2D eigenvalue weighted by atomic mass is 9.97. The Hall–Kier alpha value is -1.35. The molecule has 0 N–H and O–H groups in total. The summed E-state index contributed by atoms with van der Waals surface area (Å²) in [6, 6.07) is 8.90. The van der Waals surface area contributed by atoms with Crippen LogP contribution < -0.4 is 4.90 Å². The number of piperidine rings is 1. The summed E-state index contributed by atoms with van der Waals surface area (Å²) in [6.45, 7) is 3.94. The number of carbonyl (C=O) groups is 1. The molecule has 1 atom stereocenters. The van der Waals surface area contributed by atoms with E-state index in [-0.39, 0.29) is 11.8 Å². The second-order valence-corrected chi connectivity index (χ2v) is 6.00. The zero-order valence-electron chi connectivity index (χ0n) is 12.9.